The van der Waals surface area contributed by atoms with Crippen molar-refractivity contribution < 1.29 is 18.7 Å². The molecule has 2 saturated carbocycles. The highest BCUT2D eigenvalue weighted by Crippen LogP contribution is 2.68. The first-order chi connectivity index (χ1) is 11.0. The molecule has 23 heavy (non-hydrogen) atoms. The number of alkyl halides is 1. The molecule has 4 rings (SSSR count). The first-order valence-electron chi connectivity index (χ1n) is 7.92. The van der Waals surface area contributed by atoms with Crippen LogP contribution in [0.15, 0.2) is 30.5 Å². The molecule has 1 aromatic carbocycles. The SMILES string of the molecule is O=C(O)[C@@]1(F)CC12CCC(c1ccnc3ccc(F)cc13)CC2. The van der Waals surface area contributed by atoms with Crippen LogP contribution in [0.5, 0.6) is 0 Å². The number of nitrogens with zero attached hydrogens (tertiary/aromatic N) is 1. The number of aliphatic carboxylic acids is 1. The van der Waals surface area contributed by atoms with E-state index in [2.05, 4.69) is 4.98 Å². The van der Waals surface area contributed by atoms with E-state index in [1.807, 2.05) is 6.07 Å². The Morgan fingerprint density at radius 1 is 1.26 bits per heavy atom. The van der Waals surface area contributed by atoms with Crippen LogP contribution in [0.2, 0.25) is 0 Å². The smallest absolute Gasteiger partial charge is 0.342 e. The molecule has 0 bridgehead atoms. The van der Waals surface area contributed by atoms with Gasteiger partial charge in [0.2, 0.25) is 5.67 Å². The number of halogens is 2. The van der Waals surface area contributed by atoms with Crippen LogP contribution >= 0.6 is 0 Å². The summed E-state index contributed by atoms with van der Waals surface area (Å²) in [6.45, 7) is 0. The van der Waals surface area contributed by atoms with Crippen molar-refractivity contribution in [3.8, 4) is 0 Å². The van der Waals surface area contributed by atoms with Crippen LogP contribution in [-0.2, 0) is 4.79 Å². The summed E-state index contributed by atoms with van der Waals surface area (Å²) >= 11 is 0. The maximum absolute atomic E-state index is 14.3. The molecule has 2 aromatic rings. The third kappa shape index (κ3) is 2.06. The quantitative estimate of drug-likeness (QED) is 0.902. The predicted molar refractivity (Wildman–Crippen MR) is 81.4 cm³/mol. The second-order valence-electron chi connectivity index (χ2n) is 6.90. The van der Waals surface area contributed by atoms with E-state index in [1.165, 1.54) is 12.1 Å². The minimum Gasteiger partial charge on any atom is -0.479 e. The molecule has 5 heteroatoms. The van der Waals surface area contributed by atoms with Crippen molar-refractivity contribution in [3.05, 3.63) is 41.8 Å². The average molecular weight is 317 g/mol. The van der Waals surface area contributed by atoms with Gasteiger partial charge in [-0.1, -0.05) is 0 Å². The lowest BCUT2D eigenvalue weighted by Crippen LogP contribution is -2.28. The predicted octanol–water partition coefficient (Wildman–Crippen LogP) is 4.21. The number of carboxylic acids is 1. The molecule has 0 unspecified atom stereocenters. The van der Waals surface area contributed by atoms with E-state index in [-0.39, 0.29) is 18.2 Å². The second kappa shape index (κ2) is 4.73. The molecule has 2 fully saturated rings. The van der Waals surface area contributed by atoms with Crippen molar-refractivity contribution in [1.82, 2.24) is 4.98 Å². The van der Waals surface area contributed by atoms with Gasteiger partial charge in [-0.25, -0.2) is 13.6 Å². The van der Waals surface area contributed by atoms with Crippen LogP contribution in [-0.4, -0.2) is 21.7 Å². The van der Waals surface area contributed by atoms with Crippen LogP contribution in [0.3, 0.4) is 0 Å². The Balaban J connectivity index is 1.60. The summed E-state index contributed by atoms with van der Waals surface area (Å²) in [4.78, 5) is 15.4. The normalized spacial score (nSPS) is 33.0. The summed E-state index contributed by atoms with van der Waals surface area (Å²) in [5.74, 6) is -1.42. The van der Waals surface area contributed by atoms with Gasteiger partial charge in [0.05, 0.1) is 5.52 Å². The average Bonchev–Trinajstić information content (AvgIpc) is 3.13. The van der Waals surface area contributed by atoms with E-state index < -0.39 is 17.1 Å². The van der Waals surface area contributed by atoms with Gasteiger partial charge in [-0.3, -0.25) is 4.98 Å². The molecular formula is C18H17F2NO2. The molecule has 1 heterocycles. The Morgan fingerprint density at radius 2 is 2.00 bits per heavy atom. The molecular weight excluding hydrogens is 300 g/mol. The Labute approximate surface area is 132 Å². The van der Waals surface area contributed by atoms with Crippen molar-refractivity contribution in [1.29, 1.82) is 0 Å². The summed E-state index contributed by atoms with van der Waals surface area (Å²) < 4.78 is 27.9. The van der Waals surface area contributed by atoms with Gasteiger partial charge in [0, 0.05) is 23.4 Å². The second-order valence-corrected chi connectivity index (χ2v) is 6.90. The van der Waals surface area contributed by atoms with Crippen LogP contribution < -0.4 is 0 Å². The largest absolute Gasteiger partial charge is 0.479 e. The molecule has 0 saturated heterocycles. The Hall–Kier alpha value is -2.04. The van der Waals surface area contributed by atoms with Gasteiger partial charge in [-0.2, -0.15) is 0 Å². The number of benzene rings is 1. The Morgan fingerprint density at radius 3 is 2.65 bits per heavy atom. The summed E-state index contributed by atoms with van der Waals surface area (Å²) in [6.07, 6.45) is 4.45. The standard InChI is InChI=1S/C18H17F2NO2/c19-12-1-2-15-14(9-12)13(5-8-21-15)11-3-6-17(7-4-11)10-18(17,20)16(22)23/h1-2,5,8-9,11H,3-4,6-7,10H2,(H,22,23)/t11?,17?,18-/m0/s1. The number of carbonyl (C=O) groups is 1. The molecule has 3 nitrogen and oxygen atoms in total. The Bertz CT molecular complexity index is 799. The van der Waals surface area contributed by atoms with Gasteiger partial charge in [-0.05, 0) is 61.4 Å². The van der Waals surface area contributed by atoms with Gasteiger partial charge in [0.25, 0.3) is 0 Å². The maximum atomic E-state index is 14.3. The van der Waals surface area contributed by atoms with Crippen LogP contribution in [0.4, 0.5) is 8.78 Å². The molecule has 2 aliphatic rings. The Kier molecular flexibility index (Phi) is 2.99. The number of rotatable bonds is 2. The van der Waals surface area contributed by atoms with E-state index in [1.54, 1.807) is 12.3 Å². The lowest BCUT2D eigenvalue weighted by Gasteiger charge is -2.30. The van der Waals surface area contributed by atoms with Crippen molar-refractivity contribution in [2.75, 3.05) is 0 Å². The van der Waals surface area contributed by atoms with Crippen molar-refractivity contribution in [2.45, 2.75) is 43.7 Å². The van der Waals surface area contributed by atoms with Gasteiger partial charge in [0.15, 0.2) is 0 Å². The molecule has 0 radical (unpaired) electrons. The number of pyridine rings is 1. The van der Waals surface area contributed by atoms with Crippen LogP contribution in [0, 0.1) is 11.2 Å². The van der Waals surface area contributed by atoms with Crippen molar-refractivity contribution in [3.63, 3.8) is 0 Å². The number of hydrogen-bond acceptors (Lipinski definition) is 2. The molecule has 1 aromatic heterocycles. The zero-order valence-corrected chi connectivity index (χ0v) is 12.6. The minimum atomic E-state index is -2.04. The van der Waals surface area contributed by atoms with E-state index in [9.17, 15) is 13.6 Å². The van der Waals surface area contributed by atoms with Gasteiger partial charge in [0.1, 0.15) is 5.82 Å². The first-order valence-corrected chi connectivity index (χ1v) is 7.92. The van der Waals surface area contributed by atoms with E-state index in [0.29, 0.717) is 12.8 Å². The number of carboxylic acid groups (broad SMARTS) is 1. The van der Waals surface area contributed by atoms with E-state index in [4.69, 9.17) is 5.11 Å². The molecule has 1 N–H and O–H groups in total. The third-order valence-electron chi connectivity index (χ3n) is 5.76. The minimum absolute atomic E-state index is 0.133. The first kappa shape index (κ1) is 14.5. The molecule has 0 amide bonds. The van der Waals surface area contributed by atoms with Crippen LogP contribution in [0.1, 0.15) is 43.6 Å². The molecule has 2 aliphatic carbocycles. The van der Waals surface area contributed by atoms with E-state index in [0.717, 1.165) is 29.3 Å². The van der Waals surface area contributed by atoms with Gasteiger partial charge in [-0.15, -0.1) is 0 Å². The molecule has 120 valence electrons. The summed E-state index contributed by atoms with van der Waals surface area (Å²) in [7, 11) is 0. The number of aromatic nitrogens is 1. The third-order valence-corrected chi connectivity index (χ3v) is 5.76. The highest BCUT2D eigenvalue weighted by Gasteiger charge is 2.73. The van der Waals surface area contributed by atoms with Gasteiger partial charge >= 0.3 is 5.97 Å². The summed E-state index contributed by atoms with van der Waals surface area (Å²) in [5.41, 5.74) is -0.931. The fourth-order valence-electron chi connectivity index (χ4n) is 4.27. The van der Waals surface area contributed by atoms with Crippen molar-refractivity contribution >= 4 is 16.9 Å². The fourth-order valence-corrected chi connectivity index (χ4v) is 4.27. The zero-order chi connectivity index (χ0) is 16.2. The highest BCUT2D eigenvalue weighted by molar-refractivity contribution is 5.84. The lowest BCUT2D eigenvalue weighted by molar-refractivity contribution is -0.146. The monoisotopic (exact) mass is 317 g/mol. The molecule has 0 aliphatic heterocycles. The lowest BCUT2D eigenvalue weighted by atomic mass is 9.75. The topological polar surface area (TPSA) is 50.2 Å². The number of hydrogen-bond donors (Lipinski definition) is 1. The maximum Gasteiger partial charge on any atom is 0.342 e. The summed E-state index contributed by atoms with van der Waals surface area (Å²) in [5, 5.41) is 9.86. The van der Waals surface area contributed by atoms with E-state index >= 15 is 0 Å². The van der Waals surface area contributed by atoms with Gasteiger partial charge < -0.3 is 5.11 Å². The molecule has 1 atom stereocenters. The highest BCUT2D eigenvalue weighted by atomic mass is 19.1. The molecule has 1 spiro atoms. The fraction of sp³-hybridized carbons (Fsp3) is 0.444. The zero-order valence-electron chi connectivity index (χ0n) is 12.6. The van der Waals surface area contributed by atoms with Crippen LogP contribution in [0.25, 0.3) is 10.9 Å². The number of fused-ring (bicyclic) bond motifs is 1. The van der Waals surface area contributed by atoms with Crippen molar-refractivity contribution in [2.24, 2.45) is 5.41 Å². The summed E-state index contributed by atoms with van der Waals surface area (Å²) in [6, 6.07) is 6.45.